The van der Waals surface area contributed by atoms with Crippen molar-refractivity contribution in [2.24, 2.45) is 5.92 Å². The summed E-state index contributed by atoms with van der Waals surface area (Å²) in [6.45, 7) is 2.91. The molecular weight excluding hydrogens is 255 g/mol. The van der Waals surface area contributed by atoms with Gasteiger partial charge in [-0.1, -0.05) is 6.92 Å². The number of piperidine rings is 1. The van der Waals surface area contributed by atoms with E-state index in [1.807, 2.05) is 6.92 Å². The number of nitrogens with two attached hydrogens (primary N) is 1. The van der Waals surface area contributed by atoms with E-state index in [0.717, 1.165) is 18.9 Å². The van der Waals surface area contributed by atoms with Crippen LogP contribution in [0, 0.1) is 11.7 Å². The van der Waals surface area contributed by atoms with Gasteiger partial charge in [0, 0.05) is 18.8 Å². The molecule has 1 aromatic rings. The Balaban J connectivity index is 2.35. The number of benzene rings is 1. The SMILES string of the molecule is CC1CCCN(S(=O)(=O)c2ccc(N)cc2F)C1. The molecule has 0 saturated carbocycles. The third-order valence-corrected chi connectivity index (χ3v) is 5.09. The summed E-state index contributed by atoms with van der Waals surface area (Å²) in [4.78, 5) is -0.286. The third-order valence-electron chi connectivity index (χ3n) is 3.19. The maximum atomic E-state index is 13.7. The lowest BCUT2D eigenvalue weighted by Crippen LogP contribution is -2.39. The fraction of sp³-hybridized carbons (Fsp3) is 0.500. The van der Waals surface area contributed by atoms with Crippen LogP contribution in [-0.2, 0) is 10.0 Å². The minimum absolute atomic E-state index is 0.221. The van der Waals surface area contributed by atoms with Gasteiger partial charge in [-0.2, -0.15) is 4.31 Å². The van der Waals surface area contributed by atoms with Crippen LogP contribution in [0.2, 0.25) is 0 Å². The van der Waals surface area contributed by atoms with Crippen molar-refractivity contribution in [3.8, 4) is 0 Å². The number of halogens is 1. The van der Waals surface area contributed by atoms with Gasteiger partial charge >= 0.3 is 0 Å². The number of sulfonamides is 1. The summed E-state index contributed by atoms with van der Waals surface area (Å²) in [6, 6.07) is 3.68. The number of nitrogens with zero attached hydrogens (tertiary/aromatic N) is 1. The van der Waals surface area contributed by atoms with E-state index in [1.54, 1.807) is 0 Å². The van der Waals surface area contributed by atoms with Crippen molar-refractivity contribution in [3.63, 3.8) is 0 Å². The van der Waals surface area contributed by atoms with Gasteiger partial charge in [0.2, 0.25) is 10.0 Å². The molecule has 0 spiro atoms. The monoisotopic (exact) mass is 272 g/mol. The van der Waals surface area contributed by atoms with E-state index in [9.17, 15) is 12.8 Å². The first-order valence-electron chi connectivity index (χ1n) is 5.96. The maximum absolute atomic E-state index is 13.7. The van der Waals surface area contributed by atoms with Crippen LogP contribution in [0.1, 0.15) is 19.8 Å². The molecule has 0 radical (unpaired) electrons. The fourth-order valence-corrected chi connectivity index (χ4v) is 3.87. The van der Waals surface area contributed by atoms with Crippen molar-refractivity contribution >= 4 is 15.7 Å². The van der Waals surface area contributed by atoms with Crippen molar-refractivity contribution in [2.45, 2.75) is 24.7 Å². The number of rotatable bonds is 2. The molecule has 0 aliphatic carbocycles. The number of nitrogen functional groups attached to an aromatic ring is 1. The molecule has 100 valence electrons. The van der Waals surface area contributed by atoms with E-state index in [1.165, 1.54) is 16.4 Å². The van der Waals surface area contributed by atoms with E-state index in [0.29, 0.717) is 19.0 Å². The van der Waals surface area contributed by atoms with E-state index in [2.05, 4.69) is 0 Å². The van der Waals surface area contributed by atoms with Crippen LogP contribution in [0.5, 0.6) is 0 Å². The lowest BCUT2D eigenvalue weighted by molar-refractivity contribution is 0.280. The van der Waals surface area contributed by atoms with Gasteiger partial charge in [-0.05, 0) is 37.0 Å². The van der Waals surface area contributed by atoms with Crippen LogP contribution in [0.3, 0.4) is 0 Å². The molecule has 1 atom stereocenters. The first-order chi connectivity index (χ1) is 8.41. The van der Waals surface area contributed by atoms with Crippen LogP contribution in [0.25, 0.3) is 0 Å². The van der Waals surface area contributed by atoms with Crippen LogP contribution in [0.15, 0.2) is 23.1 Å². The largest absolute Gasteiger partial charge is 0.399 e. The van der Waals surface area contributed by atoms with Crippen molar-refractivity contribution in [2.75, 3.05) is 18.8 Å². The van der Waals surface area contributed by atoms with Gasteiger partial charge in [-0.25, -0.2) is 12.8 Å². The number of hydrogen-bond donors (Lipinski definition) is 1. The van der Waals surface area contributed by atoms with Crippen LogP contribution in [0.4, 0.5) is 10.1 Å². The summed E-state index contributed by atoms with van der Waals surface area (Å²) in [5, 5.41) is 0. The summed E-state index contributed by atoms with van der Waals surface area (Å²) in [6.07, 6.45) is 1.83. The molecule has 0 bridgehead atoms. The van der Waals surface area contributed by atoms with Gasteiger partial charge in [0.15, 0.2) is 0 Å². The summed E-state index contributed by atoms with van der Waals surface area (Å²) < 4.78 is 39.7. The Hall–Kier alpha value is -1.14. The van der Waals surface area contributed by atoms with Crippen LogP contribution >= 0.6 is 0 Å². The lowest BCUT2D eigenvalue weighted by atomic mass is 10.0. The Kier molecular flexibility index (Phi) is 3.59. The molecular formula is C12H17FN2O2S. The Morgan fingerprint density at radius 1 is 1.44 bits per heavy atom. The predicted octanol–water partition coefficient (Wildman–Crippen LogP) is 1.83. The first-order valence-corrected chi connectivity index (χ1v) is 7.40. The Bertz CT molecular complexity index is 545. The summed E-state index contributed by atoms with van der Waals surface area (Å²) in [5.41, 5.74) is 5.64. The van der Waals surface area contributed by atoms with Gasteiger partial charge in [-0.3, -0.25) is 0 Å². The molecule has 2 rings (SSSR count). The highest BCUT2D eigenvalue weighted by molar-refractivity contribution is 7.89. The highest BCUT2D eigenvalue weighted by atomic mass is 32.2. The van der Waals surface area contributed by atoms with Gasteiger partial charge in [-0.15, -0.1) is 0 Å². The second kappa shape index (κ2) is 4.85. The Morgan fingerprint density at radius 2 is 2.17 bits per heavy atom. The molecule has 2 N–H and O–H groups in total. The highest BCUT2D eigenvalue weighted by Crippen LogP contribution is 2.25. The molecule has 18 heavy (non-hydrogen) atoms. The predicted molar refractivity (Wildman–Crippen MR) is 68.0 cm³/mol. The summed E-state index contributed by atoms with van der Waals surface area (Å²) in [7, 11) is -3.74. The standard InChI is InChI=1S/C12H17FN2O2S/c1-9-3-2-6-15(8-9)18(16,17)12-5-4-10(14)7-11(12)13/h4-5,7,9H,2-3,6,8,14H2,1H3. The van der Waals surface area contributed by atoms with Crippen LogP contribution < -0.4 is 5.73 Å². The van der Waals surface area contributed by atoms with Crippen LogP contribution in [-0.4, -0.2) is 25.8 Å². The molecule has 1 fully saturated rings. The molecule has 4 nitrogen and oxygen atoms in total. The van der Waals surface area contributed by atoms with Gasteiger partial charge in [0.25, 0.3) is 0 Å². The lowest BCUT2D eigenvalue weighted by Gasteiger charge is -2.30. The zero-order valence-corrected chi connectivity index (χ0v) is 11.1. The topological polar surface area (TPSA) is 63.4 Å². The van der Waals surface area contributed by atoms with Crippen molar-refractivity contribution in [3.05, 3.63) is 24.0 Å². The maximum Gasteiger partial charge on any atom is 0.245 e. The molecule has 1 saturated heterocycles. The average Bonchev–Trinajstić information content (AvgIpc) is 2.28. The average molecular weight is 272 g/mol. The van der Waals surface area contributed by atoms with E-state index in [4.69, 9.17) is 5.73 Å². The normalized spacial score (nSPS) is 22.0. The molecule has 0 amide bonds. The number of anilines is 1. The second-order valence-electron chi connectivity index (χ2n) is 4.80. The van der Waals surface area contributed by atoms with Crippen molar-refractivity contribution < 1.29 is 12.8 Å². The van der Waals surface area contributed by atoms with E-state index >= 15 is 0 Å². The molecule has 0 aromatic heterocycles. The molecule has 1 aromatic carbocycles. The summed E-state index contributed by atoms with van der Waals surface area (Å²) >= 11 is 0. The Morgan fingerprint density at radius 3 is 2.78 bits per heavy atom. The minimum Gasteiger partial charge on any atom is -0.399 e. The van der Waals surface area contributed by atoms with Gasteiger partial charge in [0.05, 0.1) is 0 Å². The van der Waals surface area contributed by atoms with E-state index in [-0.39, 0.29) is 10.6 Å². The quantitative estimate of drug-likeness (QED) is 0.835. The smallest absolute Gasteiger partial charge is 0.245 e. The summed E-state index contributed by atoms with van der Waals surface area (Å²) in [5.74, 6) is -0.474. The fourth-order valence-electron chi connectivity index (χ4n) is 2.23. The first kappa shape index (κ1) is 13.3. The highest BCUT2D eigenvalue weighted by Gasteiger charge is 2.30. The van der Waals surface area contributed by atoms with E-state index < -0.39 is 15.8 Å². The molecule has 6 heteroatoms. The number of hydrogen-bond acceptors (Lipinski definition) is 3. The third kappa shape index (κ3) is 2.49. The second-order valence-corrected chi connectivity index (χ2v) is 6.71. The molecule has 1 unspecified atom stereocenters. The van der Waals surface area contributed by atoms with Crippen molar-refractivity contribution in [1.29, 1.82) is 0 Å². The van der Waals surface area contributed by atoms with Gasteiger partial charge < -0.3 is 5.73 Å². The zero-order chi connectivity index (χ0) is 13.3. The van der Waals surface area contributed by atoms with Crippen molar-refractivity contribution in [1.82, 2.24) is 4.31 Å². The van der Waals surface area contributed by atoms with Gasteiger partial charge in [0.1, 0.15) is 10.7 Å². The molecule has 1 heterocycles. The molecule has 1 aliphatic rings. The minimum atomic E-state index is -3.74. The Labute approximate surface area is 107 Å². The molecule has 1 aliphatic heterocycles. The zero-order valence-electron chi connectivity index (χ0n) is 10.3.